The molecular weight excluding hydrogens is 388 g/mol. The second kappa shape index (κ2) is 9.70. The van der Waals surface area contributed by atoms with E-state index in [4.69, 9.17) is 10.7 Å². The fraction of sp³-hybridized carbons (Fsp3) is 0.400. The first-order valence-corrected chi connectivity index (χ1v) is 10.6. The van der Waals surface area contributed by atoms with Crippen molar-refractivity contribution in [3.8, 4) is 6.07 Å². The summed E-state index contributed by atoms with van der Waals surface area (Å²) in [5, 5.41) is 18.0. The van der Waals surface area contributed by atoms with E-state index in [1.165, 1.54) is 19.6 Å². The van der Waals surface area contributed by atoms with E-state index in [0.29, 0.717) is 0 Å². The average molecular weight is 419 g/mol. The van der Waals surface area contributed by atoms with Crippen molar-refractivity contribution in [2.45, 2.75) is 40.0 Å². The Hall–Kier alpha value is -3.26. The van der Waals surface area contributed by atoms with Crippen LogP contribution < -0.4 is 20.7 Å². The van der Waals surface area contributed by atoms with Gasteiger partial charge in [-0.2, -0.15) is 5.26 Å². The molecule has 1 aliphatic rings. The molecule has 1 aliphatic heterocycles. The maximum absolute atomic E-state index is 12.0. The summed E-state index contributed by atoms with van der Waals surface area (Å²) in [4.78, 5) is 27.4. The molecule has 3 rings (SSSR count). The Balaban J connectivity index is 0.000000423. The quantitative estimate of drug-likeness (QED) is 0.458. The number of fused-ring (bicyclic) bond motifs is 1. The highest BCUT2D eigenvalue weighted by Crippen LogP contribution is 2.47. The van der Waals surface area contributed by atoms with Gasteiger partial charge in [-0.25, -0.2) is 5.87 Å². The Morgan fingerprint density at radius 3 is 2.16 bits per heavy atom. The van der Waals surface area contributed by atoms with Crippen molar-refractivity contribution in [1.82, 2.24) is 0 Å². The molecule has 0 spiro atoms. The molecule has 0 aromatic heterocycles. The Kier molecular flexibility index (Phi) is 7.51. The number of rotatable bonds is 5. The molecule has 162 valence electrons. The van der Waals surface area contributed by atoms with Gasteiger partial charge in [0, 0.05) is 29.4 Å². The van der Waals surface area contributed by atoms with Crippen molar-refractivity contribution in [3.05, 3.63) is 72.5 Å². The number of nitrogens with one attached hydrogen (secondary N) is 1. The van der Waals surface area contributed by atoms with Crippen LogP contribution in [0.1, 0.15) is 51.3 Å². The number of hydrogen-bond acceptors (Lipinski definition) is 4. The average Bonchev–Trinajstić information content (AvgIpc) is 2.98. The molecule has 2 aromatic rings. The van der Waals surface area contributed by atoms with Crippen molar-refractivity contribution in [3.63, 3.8) is 0 Å². The molecule has 0 fully saturated rings. The number of benzene rings is 1. The number of hydrogen-bond donors (Lipinski definition) is 1. The maximum Gasteiger partial charge on any atom is 0.236 e. The fourth-order valence-corrected chi connectivity index (χ4v) is 4.08. The first-order valence-electron chi connectivity index (χ1n) is 10.6. The monoisotopic (exact) mass is 418 g/mol. The van der Waals surface area contributed by atoms with Crippen LogP contribution in [0.25, 0.3) is 17.1 Å². The standard InChI is InChI=1S/C19H14N3O2.C6H15N/c1-19(2)13-6-4-5-7-14(13)22(3)15(19)8-12-16(11(9-20)10-21)18(24)17(12)23;1-4-7(5-2)6-3/h4-8H,1-3H3;4-6H2,1-3H3/q-1;/p+1. The van der Waals surface area contributed by atoms with Gasteiger partial charge in [-0.15, -0.1) is 0 Å². The Labute approximate surface area is 183 Å². The van der Waals surface area contributed by atoms with Crippen molar-refractivity contribution in [2.75, 3.05) is 31.6 Å². The van der Waals surface area contributed by atoms with Gasteiger partial charge in [0.15, 0.2) is 0 Å². The van der Waals surface area contributed by atoms with Crippen LogP contribution >= 0.6 is 0 Å². The lowest BCUT2D eigenvalue weighted by Crippen LogP contribution is -3.11. The lowest BCUT2D eigenvalue weighted by molar-refractivity contribution is -0.894. The van der Waals surface area contributed by atoms with Crippen molar-refractivity contribution in [1.29, 1.82) is 5.26 Å². The van der Waals surface area contributed by atoms with Crippen LogP contribution in [0.2, 0.25) is 0 Å². The highest BCUT2D eigenvalue weighted by Gasteiger charge is 2.39. The van der Waals surface area contributed by atoms with E-state index in [1.54, 1.807) is 22.9 Å². The van der Waals surface area contributed by atoms with Crippen LogP contribution in [0, 0.1) is 11.3 Å². The summed E-state index contributed by atoms with van der Waals surface area (Å²) in [7, 11) is 1.89. The minimum Gasteiger partial charge on any atom is -0.762 e. The largest absolute Gasteiger partial charge is 0.762 e. The van der Waals surface area contributed by atoms with Gasteiger partial charge in [0.1, 0.15) is 6.07 Å². The smallest absolute Gasteiger partial charge is 0.236 e. The van der Waals surface area contributed by atoms with Crippen molar-refractivity contribution in [2.24, 2.45) is 0 Å². The molecule has 1 heterocycles. The third kappa shape index (κ3) is 4.29. The highest BCUT2D eigenvalue weighted by molar-refractivity contribution is 6.01. The predicted molar refractivity (Wildman–Crippen MR) is 127 cm³/mol. The maximum atomic E-state index is 12.0. The second-order valence-corrected chi connectivity index (χ2v) is 8.09. The summed E-state index contributed by atoms with van der Waals surface area (Å²) in [5.41, 5.74) is 0.953. The summed E-state index contributed by atoms with van der Waals surface area (Å²) in [5.74, 6) is 1.69. The Morgan fingerprint density at radius 2 is 1.71 bits per heavy atom. The van der Waals surface area contributed by atoms with E-state index in [1.807, 2.05) is 50.1 Å². The number of nitrogens with zero attached hydrogens (tertiary/aromatic N) is 3. The zero-order chi connectivity index (χ0) is 23.3. The molecule has 2 aromatic carbocycles. The topological polar surface area (TPSA) is 87.9 Å². The SMILES string of the molecule is CC[NH+](CC)CC.CN1C(=Cc2c(C(=C=[N-])C#N)c(=O)c2=O)C(C)(C)c2ccccc21. The molecule has 0 amide bonds. The van der Waals surface area contributed by atoms with Gasteiger partial charge in [0.2, 0.25) is 10.9 Å². The lowest BCUT2D eigenvalue weighted by atomic mass is 9.82. The van der Waals surface area contributed by atoms with Crippen molar-refractivity contribution < 1.29 is 4.90 Å². The first kappa shape index (κ1) is 24.0. The molecule has 6 heteroatoms. The van der Waals surface area contributed by atoms with Gasteiger partial charge in [-0.05, 0) is 38.5 Å². The molecule has 0 saturated heterocycles. The number of quaternary nitrogens is 1. The zero-order valence-corrected chi connectivity index (χ0v) is 19.2. The van der Waals surface area contributed by atoms with Gasteiger partial charge >= 0.3 is 0 Å². The van der Waals surface area contributed by atoms with Crippen LogP contribution in [0.5, 0.6) is 0 Å². The van der Waals surface area contributed by atoms with E-state index in [9.17, 15) is 9.59 Å². The molecule has 0 atom stereocenters. The molecule has 0 radical (unpaired) electrons. The summed E-state index contributed by atoms with van der Waals surface area (Å²) in [6, 6.07) is 9.60. The predicted octanol–water partition coefficient (Wildman–Crippen LogP) is 2.13. The van der Waals surface area contributed by atoms with Gasteiger partial charge in [-0.3, -0.25) is 9.59 Å². The van der Waals surface area contributed by atoms with E-state index >= 15 is 0 Å². The van der Waals surface area contributed by atoms with E-state index in [-0.39, 0.29) is 22.1 Å². The molecule has 31 heavy (non-hydrogen) atoms. The number of anilines is 1. The summed E-state index contributed by atoms with van der Waals surface area (Å²) in [6.45, 7) is 14.6. The summed E-state index contributed by atoms with van der Waals surface area (Å²) in [6.07, 6.45) is 1.63. The van der Waals surface area contributed by atoms with Crippen LogP contribution in [0.4, 0.5) is 5.69 Å². The molecule has 1 N–H and O–H groups in total. The zero-order valence-electron chi connectivity index (χ0n) is 19.2. The third-order valence-electron chi connectivity index (χ3n) is 6.14. The summed E-state index contributed by atoms with van der Waals surface area (Å²) >= 11 is 0. The van der Waals surface area contributed by atoms with E-state index < -0.39 is 10.9 Å². The van der Waals surface area contributed by atoms with Gasteiger partial charge in [-0.1, -0.05) is 32.0 Å². The fourth-order valence-electron chi connectivity index (χ4n) is 4.08. The van der Waals surface area contributed by atoms with Crippen LogP contribution in [0.3, 0.4) is 0 Å². The Bertz CT molecular complexity index is 1140. The molecule has 0 aliphatic carbocycles. The molecular formula is C25H30N4O2. The third-order valence-corrected chi connectivity index (χ3v) is 6.14. The molecule has 6 nitrogen and oxygen atoms in total. The molecule has 0 saturated carbocycles. The van der Waals surface area contributed by atoms with Crippen molar-refractivity contribution >= 4 is 23.2 Å². The highest BCUT2D eigenvalue weighted by atomic mass is 16.2. The minimum absolute atomic E-state index is 0.0716. The minimum atomic E-state index is -0.768. The van der Waals surface area contributed by atoms with Crippen LogP contribution in [-0.4, -0.2) is 32.6 Å². The molecule has 0 unspecified atom stereocenters. The van der Waals surface area contributed by atoms with Crippen LogP contribution in [-0.2, 0) is 5.41 Å². The Morgan fingerprint density at radius 1 is 1.13 bits per heavy atom. The van der Waals surface area contributed by atoms with Gasteiger partial charge < -0.3 is 15.2 Å². The van der Waals surface area contributed by atoms with Gasteiger partial charge in [0.25, 0.3) is 0 Å². The number of para-hydroxylation sites is 1. The normalized spacial score (nSPS) is 15.3. The number of allylic oxidation sites excluding steroid dienone is 2. The molecule has 0 bridgehead atoms. The van der Waals surface area contributed by atoms with E-state index in [2.05, 4.69) is 20.8 Å². The number of nitriles is 1. The second-order valence-electron chi connectivity index (χ2n) is 8.09. The first-order chi connectivity index (χ1) is 14.7. The van der Waals surface area contributed by atoms with E-state index in [0.717, 1.165) is 16.9 Å². The van der Waals surface area contributed by atoms with Gasteiger partial charge in [0.05, 0.1) is 30.8 Å². The summed E-state index contributed by atoms with van der Waals surface area (Å²) < 4.78 is 0. The number of likely N-dealkylation sites (N-methyl/N-ethyl adjacent to an activating group) is 1. The van der Waals surface area contributed by atoms with Crippen LogP contribution in [0.15, 0.2) is 39.6 Å². The lowest BCUT2D eigenvalue weighted by Gasteiger charge is -2.24.